The molecule has 1 aromatic rings. The number of aliphatic carboxylic acids is 1. The van der Waals surface area contributed by atoms with E-state index in [1.54, 1.807) is 45.0 Å². The normalized spacial score (nSPS) is 11.8. The smallest absolute Gasteiger partial charge is 0.408 e. The number of carbonyl (C=O) groups excluding carboxylic acids is 3. The van der Waals surface area contributed by atoms with Crippen molar-refractivity contribution in [1.29, 1.82) is 0 Å². The van der Waals surface area contributed by atoms with Gasteiger partial charge in [-0.15, -0.1) is 0 Å². The number of hydrogen-bond acceptors (Lipinski definition) is 5. The summed E-state index contributed by atoms with van der Waals surface area (Å²) >= 11 is 0. The number of ether oxygens (including phenoxy) is 1. The van der Waals surface area contributed by atoms with Crippen LogP contribution in [0.15, 0.2) is 30.3 Å². The number of hydrogen-bond donors (Lipinski definition) is 4. The van der Waals surface area contributed by atoms with Crippen molar-refractivity contribution in [3.8, 4) is 0 Å². The molecule has 1 atom stereocenters. The van der Waals surface area contributed by atoms with E-state index in [2.05, 4.69) is 16.0 Å². The molecule has 0 bridgehead atoms. The van der Waals surface area contributed by atoms with E-state index in [4.69, 9.17) is 9.84 Å². The lowest BCUT2D eigenvalue weighted by Crippen LogP contribution is -2.51. The molecule has 0 fully saturated rings. The number of benzene rings is 1. The van der Waals surface area contributed by atoms with E-state index < -0.39 is 48.6 Å². The molecule has 0 spiro atoms. The Balaban J connectivity index is 2.71. The van der Waals surface area contributed by atoms with Gasteiger partial charge in [0.15, 0.2) is 0 Å². The predicted octanol–water partition coefficient (Wildman–Crippen LogP) is 0.439. The number of carbonyl (C=O) groups is 4. The van der Waals surface area contributed by atoms with Crippen LogP contribution in [0.3, 0.4) is 0 Å². The Morgan fingerprint density at radius 3 is 2.22 bits per heavy atom. The second-order valence-corrected chi connectivity index (χ2v) is 6.78. The fraction of sp³-hybridized carbons (Fsp3) is 0.444. The van der Waals surface area contributed by atoms with Gasteiger partial charge in [0.2, 0.25) is 11.8 Å². The first-order valence-electron chi connectivity index (χ1n) is 8.36. The van der Waals surface area contributed by atoms with E-state index in [9.17, 15) is 19.2 Å². The van der Waals surface area contributed by atoms with Crippen molar-refractivity contribution < 1.29 is 29.0 Å². The molecule has 3 amide bonds. The van der Waals surface area contributed by atoms with Gasteiger partial charge in [-0.3, -0.25) is 14.4 Å². The van der Waals surface area contributed by atoms with Crippen LogP contribution in [0.2, 0.25) is 0 Å². The fourth-order valence-corrected chi connectivity index (χ4v) is 2.04. The minimum absolute atomic E-state index is 0.197. The number of alkyl carbamates (subject to hydrolysis) is 1. The molecule has 9 nitrogen and oxygen atoms in total. The monoisotopic (exact) mass is 379 g/mol. The standard InChI is InChI=1S/C18H25N3O6/c1-18(2,3)27-17(26)21-13(9-12-7-5-4-6-8-12)16(25)20-10-14(22)19-11-15(23)24/h4-8,13H,9-11H2,1-3H3,(H,19,22)(H,20,25)(H,21,26)(H,23,24). The van der Waals surface area contributed by atoms with E-state index in [1.807, 2.05) is 6.07 Å². The van der Waals surface area contributed by atoms with Gasteiger partial charge in [0, 0.05) is 6.42 Å². The SMILES string of the molecule is CC(C)(C)OC(=O)NC(Cc1ccccc1)C(=O)NCC(=O)NCC(=O)O. The highest BCUT2D eigenvalue weighted by molar-refractivity contribution is 5.90. The highest BCUT2D eigenvalue weighted by Crippen LogP contribution is 2.08. The van der Waals surface area contributed by atoms with Gasteiger partial charge in [0.05, 0.1) is 6.54 Å². The fourth-order valence-electron chi connectivity index (χ4n) is 2.04. The molecule has 148 valence electrons. The molecule has 0 radical (unpaired) electrons. The lowest BCUT2D eigenvalue weighted by Gasteiger charge is -2.23. The van der Waals surface area contributed by atoms with E-state index >= 15 is 0 Å². The van der Waals surface area contributed by atoms with Crippen LogP contribution < -0.4 is 16.0 Å². The average Bonchev–Trinajstić information content (AvgIpc) is 2.56. The highest BCUT2D eigenvalue weighted by atomic mass is 16.6. The van der Waals surface area contributed by atoms with Gasteiger partial charge < -0.3 is 25.8 Å². The summed E-state index contributed by atoms with van der Waals surface area (Å²) in [5.74, 6) is -2.43. The Labute approximate surface area is 157 Å². The van der Waals surface area contributed by atoms with Crippen molar-refractivity contribution in [3.63, 3.8) is 0 Å². The Kier molecular flexibility index (Phi) is 8.25. The lowest BCUT2D eigenvalue weighted by molar-refractivity contribution is -0.137. The molecule has 1 rings (SSSR count). The summed E-state index contributed by atoms with van der Waals surface area (Å²) in [6, 6.07) is 8.07. The zero-order chi connectivity index (χ0) is 20.4. The van der Waals surface area contributed by atoms with Crippen molar-refractivity contribution in [1.82, 2.24) is 16.0 Å². The second-order valence-electron chi connectivity index (χ2n) is 6.78. The zero-order valence-electron chi connectivity index (χ0n) is 15.6. The van der Waals surface area contributed by atoms with Gasteiger partial charge in [-0.25, -0.2) is 4.79 Å². The first-order chi connectivity index (χ1) is 12.6. The van der Waals surface area contributed by atoms with E-state index in [1.165, 1.54) is 0 Å². The summed E-state index contributed by atoms with van der Waals surface area (Å²) in [4.78, 5) is 46.4. The number of rotatable bonds is 8. The molecule has 0 aliphatic heterocycles. The third kappa shape index (κ3) is 9.83. The summed E-state index contributed by atoms with van der Waals surface area (Å²) in [7, 11) is 0. The van der Waals surface area contributed by atoms with Crippen LogP contribution in [-0.2, 0) is 25.5 Å². The van der Waals surface area contributed by atoms with Crippen molar-refractivity contribution in [2.24, 2.45) is 0 Å². The second kappa shape index (κ2) is 10.1. The van der Waals surface area contributed by atoms with Crippen LogP contribution in [0.1, 0.15) is 26.3 Å². The molecule has 27 heavy (non-hydrogen) atoms. The molecule has 4 N–H and O–H groups in total. The predicted molar refractivity (Wildman–Crippen MR) is 97.0 cm³/mol. The Morgan fingerprint density at radius 1 is 1.04 bits per heavy atom. The Bertz CT molecular complexity index is 669. The molecular formula is C18H25N3O6. The van der Waals surface area contributed by atoms with E-state index in [0.717, 1.165) is 5.56 Å². The summed E-state index contributed by atoms with van der Waals surface area (Å²) in [5.41, 5.74) is 0.0817. The van der Waals surface area contributed by atoms with Crippen LogP contribution in [0.5, 0.6) is 0 Å². The van der Waals surface area contributed by atoms with Gasteiger partial charge in [-0.2, -0.15) is 0 Å². The maximum atomic E-state index is 12.4. The molecule has 9 heteroatoms. The lowest BCUT2D eigenvalue weighted by atomic mass is 10.1. The van der Waals surface area contributed by atoms with Crippen molar-refractivity contribution >= 4 is 23.9 Å². The minimum Gasteiger partial charge on any atom is -0.480 e. The number of nitrogens with one attached hydrogen (secondary N) is 3. The quantitative estimate of drug-likeness (QED) is 0.518. The van der Waals surface area contributed by atoms with Crippen LogP contribution in [-0.4, -0.2) is 53.7 Å². The molecule has 0 saturated heterocycles. The third-order valence-electron chi connectivity index (χ3n) is 3.15. The highest BCUT2D eigenvalue weighted by Gasteiger charge is 2.25. The van der Waals surface area contributed by atoms with Crippen molar-refractivity contribution in [2.75, 3.05) is 13.1 Å². The molecule has 0 heterocycles. The number of carboxylic acids is 1. The molecule has 0 aliphatic rings. The maximum absolute atomic E-state index is 12.4. The summed E-state index contributed by atoms with van der Waals surface area (Å²) < 4.78 is 5.17. The van der Waals surface area contributed by atoms with Crippen molar-refractivity contribution in [2.45, 2.75) is 38.8 Å². The molecular weight excluding hydrogens is 354 g/mol. The third-order valence-corrected chi connectivity index (χ3v) is 3.15. The molecule has 0 aromatic heterocycles. The molecule has 0 saturated carbocycles. The first-order valence-corrected chi connectivity index (χ1v) is 8.36. The topological polar surface area (TPSA) is 134 Å². The van der Waals surface area contributed by atoms with Crippen LogP contribution in [0.4, 0.5) is 4.79 Å². The van der Waals surface area contributed by atoms with Crippen LogP contribution in [0.25, 0.3) is 0 Å². The zero-order valence-corrected chi connectivity index (χ0v) is 15.6. The Hall–Kier alpha value is -3.10. The summed E-state index contributed by atoms with van der Waals surface area (Å²) in [6.45, 7) is 4.15. The van der Waals surface area contributed by atoms with Gasteiger partial charge in [-0.05, 0) is 26.3 Å². The van der Waals surface area contributed by atoms with Gasteiger partial charge >= 0.3 is 12.1 Å². The van der Waals surface area contributed by atoms with E-state index in [-0.39, 0.29) is 6.42 Å². The van der Waals surface area contributed by atoms with E-state index in [0.29, 0.717) is 0 Å². The van der Waals surface area contributed by atoms with Gasteiger partial charge in [-0.1, -0.05) is 30.3 Å². The van der Waals surface area contributed by atoms with Gasteiger partial charge in [0.1, 0.15) is 18.2 Å². The van der Waals surface area contributed by atoms with Gasteiger partial charge in [0.25, 0.3) is 0 Å². The minimum atomic E-state index is -1.19. The van der Waals surface area contributed by atoms with Crippen LogP contribution in [0, 0.1) is 0 Å². The number of carboxylic acid groups (broad SMARTS) is 1. The molecule has 0 aliphatic carbocycles. The largest absolute Gasteiger partial charge is 0.480 e. The maximum Gasteiger partial charge on any atom is 0.408 e. The van der Waals surface area contributed by atoms with Crippen LogP contribution >= 0.6 is 0 Å². The average molecular weight is 379 g/mol. The Morgan fingerprint density at radius 2 is 1.67 bits per heavy atom. The van der Waals surface area contributed by atoms with Crippen molar-refractivity contribution in [3.05, 3.63) is 35.9 Å². The summed E-state index contributed by atoms with van der Waals surface area (Å²) in [6.07, 6.45) is -0.559. The first kappa shape index (κ1) is 21.9. The summed E-state index contributed by atoms with van der Waals surface area (Å²) in [5, 5.41) is 15.5. The molecule has 1 aromatic carbocycles. The molecule has 1 unspecified atom stereocenters. The number of amides is 3.